The number of ether oxygens (including phenoxy) is 3. The normalized spacial score (nSPS) is 13.4. The second-order valence-electron chi connectivity index (χ2n) is 7.33. The first-order valence-corrected chi connectivity index (χ1v) is 11.8. The molecule has 0 fully saturated rings. The zero-order chi connectivity index (χ0) is 20.4. The van der Waals surface area contributed by atoms with Crippen LogP contribution in [0.25, 0.3) is 0 Å². The fourth-order valence-corrected chi connectivity index (χ4v) is 3.85. The first-order chi connectivity index (χ1) is 13.1. The van der Waals surface area contributed by atoms with E-state index in [4.69, 9.17) is 14.2 Å². The van der Waals surface area contributed by atoms with Gasteiger partial charge in [0.1, 0.15) is 0 Å². The third-order valence-electron chi connectivity index (χ3n) is 5.36. The Morgan fingerprint density at radius 3 is 1.59 bits per heavy atom. The number of hydrogen-bond acceptors (Lipinski definition) is 4. The molecule has 0 heterocycles. The van der Waals surface area contributed by atoms with Crippen LogP contribution in [0.5, 0.6) is 0 Å². The molecule has 0 aliphatic carbocycles. The molecule has 0 saturated heterocycles. The Morgan fingerprint density at radius 1 is 0.630 bits per heavy atom. The van der Waals surface area contributed by atoms with Crippen molar-refractivity contribution in [3.63, 3.8) is 0 Å². The zero-order valence-electron chi connectivity index (χ0n) is 19.4. The number of nitrogens with zero attached hydrogens (tertiary/aromatic N) is 1. The third-order valence-corrected chi connectivity index (χ3v) is 5.36. The van der Waals surface area contributed by atoms with E-state index in [1.54, 1.807) is 0 Å². The molecule has 0 aliphatic rings. The first kappa shape index (κ1) is 26.8. The highest BCUT2D eigenvalue weighted by Crippen LogP contribution is 2.34. The molecule has 0 bridgehead atoms. The summed E-state index contributed by atoms with van der Waals surface area (Å²) in [6.07, 6.45) is 11.3. The summed E-state index contributed by atoms with van der Waals surface area (Å²) in [5.74, 6) is -0.579. The van der Waals surface area contributed by atoms with Crippen molar-refractivity contribution in [3.05, 3.63) is 0 Å². The lowest BCUT2D eigenvalue weighted by Crippen LogP contribution is -2.47. The summed E-state index contributed by atoms with van der Waals surface area (Å²) in [6, 6.07) is 0. The smallest absolute Gasteiger partial charge is 0.285 e. The molecule has 0 aliphatic heterocycles. The van der Waals surface area contributed by atoms with Gasteiger partial charge in [0.2, 0.25) is 0 Å². The third kappa shape index (κ3) is 11.4. The van der Waals surface area contributed by atoms with E-state index in [1.165, 1.54) is 38.5 Å². The van der Waals surface area contributed by atoms with Crippen molar-refractivity contribution < 1.29 is 14.2 Å². The van der Waals surface area contributed by atoms with Gasteiger partial charge in [-0.2, -0.15) is 0 Å². The van der Waals surface area contributed by atoms with Gasteiger partial charge in [-0.05, 0) is 59.7 Å². The minimum atomic E-state index is -0.870. The molecule has 164 valence electrons. The Balaban J connectivity index is 4.91. The number of rotatable bonds is 20. The maximum atomic E-state index is 6.12. The van der Waals surface area contributed by atoms with Gasteiger partial charge in [-0.15, -0.1) is 0 Å². The van der Waals surface area contributed by atoms with Crippen molar-refractivity contribution in [1.29, 1.82) is 0 Å². The molecule has 0 aromatic rings. The molecule has 0 radical (unpaired) electrons. The maximum absolute atomic E-state index is 6.12. The molecule has 4 heteroatoms. The second-order valence-corrected chi connectivity index (χ2v) is 7.33. The van der Waals surface area contributed by atoms with E-state index < -0.39 is 5.97 Å². The summed E-state index contributed by atoms with van der Waals surface area (Å²) in [4.78, 5) is 2.49. The molecule has 0 aromatic heterocycles. The molecule has 4 nitrogen and oxygen atoms in total. The van der Waals surface area contributed by atoms with E-state index in [0.717, 1.165) is 38.9 Å². The van der Waals surface area contributed by atoms with Crippen molar-refractivity contribution in [2.75, 3.05) is 39.5 Å². The number of unbranched alkanes of at least 4 members (excludes halogenated alkanes) is 5. The van der Waals surface area contributed by atoms with Crippen molar-refractivity contribution in [2.45, 2.75) is 105 Å². The van der Waals surface area contributed by atoms with Crippen LogP contribution in [0.1, 0.15) is 99.3 Å². The lowest BCUT2D eigenvalue weighted by molar-refractivity contribution is -0.403. The standard InChI is InChI=1S/C23H49NO3/c1-7-13-14-15-16-17-19-22(20-18-21-24(8-2)9-3)23(25-10-4,26-11-5)27-12-6/h22H,7-21H2,1-6H3. The monoisotopic (exact) mass is 387 g/mol. The average molecular weight is 388 g/mol. The van der Waals surface area contributed by atoms with Crippen LogP contribution in [-0.4, -0.2) is 50.3 Å². The fraction of sp³-hybridized carbons (Fsp3) is 1.00. The summed E-state index contributed by atoms with van der Waals surface area (Å²) < 4.78 is 18.4. The Hall–Kier alpha value is -0.160. The molecular weight excluding hydrogens is 338 g/mol. The van der Waals surface area contributed by atoms with E-state index >= 15 is 0 Å². The SMILES string of the molecule is CCCCCCCCC(CCCN(CC)CC)C(OCC)(OCC)OCC. The highest BCUT2D eigenvalue weighted by atomic mass is 16.9. The minimum absolute atomic E-state index is 0.291. The van der Waals surface area contributed by atoms with Crippen LogP contribution in [0.2, 0.25) is 0 Å². The fourth-order valence-electron chi connectivity index (χ4n) is 3.85. The molecule has 0 spiro atoms. The van der Waals surface area contributed by atoms with E-state index in [9.17, 15) is 0 Å². The lowest BCUT2D eigenvalue weighted by Gasteiger charge is -2.39. The Labute approximate surface area is 170 Å². The van der Waals surface area contributed by atoms with Gasteiger partial charge in [-0.25, -0.2) is 0 Å². The summed E-state index contributed by atoms with van der Waals surface area (Å²) in [5, 5.41) is 0. The highest BCUT2D eigenvalue weighted by Gasteiger charge is 2.41. The molecule has 27 heavy (non-hydrogen) atoms. The quantitative estimate of drug-likeness (QED) is 0.183. The van der Waals surface area contributed by atoms with Gasteiger partial charge in [0.15, 0.2) is 0 Å². The maximum Gasteiger partial charge on any atom is 0.285 e. The van der Waals surface area contributed by atoms with Crippen LogP contribution >= 0.6 is 0 Å². The average Bonchev–Trinajstić information content (AvgIpc) is 2.66. The molecule has 1 atom stereocenters. The lowest BCUT2D eigenvalue weighted by atomic mass is 9.92. The van der Waals surface area contributed by atoms with Crippen LogP contribution in [0.15, 0.2) is 0 Å². The molecule has 0 rings (SSSR count). The Kier molecular flexibility index (Phi) is 17.8. The van der Waals surface area contributed by atoms with E-state index in [-0.39, 0.29) is 0 Å². The summed E-state index contributed by atoms with van der Waals surface area (Å²) >= 11 is 0. The molecule has 0 aromatic carbocycles. The van der Waals surface area contributed by atoms with Gasteiger partial charge in [-0.3, -0.25) is 0 Å². The topological polar surface area (TPSA) is 30.9 Å². The van der Waals surface area contributed by atoms with Gasteiger partial charge >= 0.3 is 0 Å². The minimum Gasteiger partial charge on any atom is -0.328 e. The summed E-state index contributed by atoms with van der Waals surface area (Å²) in [7, 11) is 0. The Morgan fingerprint density at radius 2 is 1.11 bits per heavy atom. The molecule has 0 saturated carbocycles. The van der Waals surface area contributed by atoms with Crippen LogP contribution in [0.3, 0.4) is 0 Å². The van der Waals surface area contributed by atoms with Crippen molar-refractivity contribution in [2.24, 2.45) is 5.92 Å². The van der Waals surface area contributed by atoms with Gasteiger partial charge in [0.05, 0.1) is 0 Å². The van der Waals surface area contributed by atoms with Crippen molar-refractivity contribution in [3.8, 4) is 0 Å². The van der Waals surface area contributed by atoms with Crippen molar-refractivity contribution in [1.82, 2.24) is 4.90 Å². The molecule has 0 N–H and O–H groups in total. The van der Waals surface area contributed by atoms with E-state index in [0.29, 0.717) is 25.7 Å². The van der Waals surface area contributed by atoms with Gasteiger partial charge in [-0.1, -0.05) is 59.3 Å². The van der Waals surface area contributed by atoms with Gasteiger partial charge < -0.3 is 19.1 Å². The predicted octanol–water partition coefficient (Wildman–Crippen LogP) is 6.24. The first-order valence-electron chi connectivity index (χ1n) is 11.8. The zero-order valence-corrected chi connectivity index (χ0v) is 19.4. The van der Waals surface area contributed by atoms with E-state index in [1.807, 2.05) is 20.8 Å². The summed E-state index contributed by atoms with van der Waals surface area (Å²) in [5.41, 5.74) is 0. The predicted molar refractivity (Wildman–Crippen MR) is 116 cm³/mol. The van der Waals surface area contributed by atoms with Crippen LogP contribution in [-0.2, 0) is 14.2 Å². The molecule has 0 amide bonds. The van der Waals surface area contributed by atoms with Crippen LogP contribution in [0.4, 0.5) is 0 Å². The molecule has 1 unspecified atom stereocenters. The summed E-state index contributed by atoms with van der Waals surface area (Å²) in [6.45, 7) is 18.1. The molecular formula is C23H49NO3. The highest BCUT2D eigenvalue weighted by molar-refractivity contribution is 4.74. The largest absolute Gasteiger partial charge is 0.328 e. The number of hydrogen-bond donors (Lipinski definition) is 0. The van der Waals surface area contributed by atoms with Gasteiger partial charge in [0.25, 0.3) is 5.97 Å². The van der Waals surface area contributed by atoms with Crippen LogP contribution < -0.4 is 0 Å². The van der Waals surface area contributed by atoms with Crippen molar-refractivity contribution >= 4 is 0 Å². The van der Waals surface area contributed by atoms with E-state index in [2.05, 4.69) is 25.7 Å². The van der Waals surface area contributed by atoms with Gasteiger partial charge in [0, 0.05) is 25.7 Å². The van der Waals surface area contributed by atoms with Crippen LogP contribution in [0, 0.1) is 5.92 Å². The second kappa shape index (κ2) is 17.9. The Bertz CT molecular complexity index is 291.